The highest BCUT2D eigenvalue weighted by molar-refractivity contribution is 7.91. The molecule has 3 aromatic rings. The summed E-state index contributed by atoms with van der Waals surface area (Å²) in [5, 5.41) is 1.60. The van der Waals surface area contributed by atoms with E-state index in [1.54, 1.807) is 35.2 Å². The summed E-state index contributed by atoms with van der Waals surface area (Å²) in [7, 11) is -3.36. The molecule has 0 atom stereocenters. The lowest BCUT2D eigenvalue weighted by atomic mass is 10.2. The van der Waals surface area contributed by atoms with Gasteiger partial charge >= 0.3 is 0 Å². The van der Waals surface area contributed by atoms with E-state index in [0.717, 1.165) is 9.83 Å². The van der Waals surface area contributed by atoms with Crippen molar-refractivity contribution in [2.75, 3.05) is 37.3 Å². The minimum absolute atomic E-state index is 0.152. The van der Waals surface area contributed by atoms with Crippen molar-refractivity contribution in [3.05, 3.63) is 52.0 Å². The lowest BCUT2D eigenvalue weighted by Gasteiger charge is -2.34. The van der Waals surface area contributed by atoms with E-state index in [1.165, 1.54) is 17.6 Å². The van der Waals surface area contributed by atoms with E-state index in [4.69, 9.17) is 23.2 Å². The van der Waals surface area contributed by atoms with Crippen LogP contribution in [-0.4, -0.2) is 56.6 Å². The summed E-state index contributed by atoms with van der Waals surface area (Å²) in [6.45, 7) is 2.21. The number of fused-ring (bicyclic) bond motifs is 1. The Labute approximate surface area is 182 Å². The lowest BCUT2D eigenvalue weighted by Crippen LogP contribution is -2.48. The van der Waals surface area contributed by atoms with E-state index in [-0.39, 0.29) is 10.8 Å². The van der Waals surface area contributed by atoms with Crippen LogP contribution in [0.15, 0.2) is 41.3 Å². The van der Waals surface area contributed by atoms with Gasteiger partial charge in [-0.1, -0.05) is 40.6 Å². The second-order valence-corrected chi connectivity index (χ2v) is 10.6. The maximum Gasteiger partial charge on any atom is 0.255 e. The Bertz CT molecular complexity index is 1200. The molecule has 0 spiro atoms. The molecular weight excluding hydrogens is 453 g/mol. The number of aromatic nitrogens is 1. The van der Waals surface area contributed by atoms with Crippen molar-refractivity contribution in [3.8, 4) is 0 Å². The van der Waals surface area contributed by atoms with Gasteiger partial charge in [0.1, 0.15) is 5.52 Å². The number of nitrogens with zero attached hydrogens (tertiary/aromatic N) is 3. The first-order valence-electron chi connectivity index (χ1n) is 8.83. The van der Waals surface area contributed by atoms with Crippen molar-refractivity contribution < 1.29 is 13.2 Å². The van der Waals surface area contributed by atoms with E-state index in [9.17, 15) is 13.2 Å². The molecule has 0 N–H and O–H groups in total. The SMILES string of the molecule is CS(=O)(=O)c1cccc2sc(N3CCN(C(=O)c4cc(Cl)ccc4Cl)CC3)nc12. The predicted molar refractivity (Wildman–Crippen MR) is 117 cm³/mol. The summed E-state index contributed by atoms with van der Waals surface area (Å²) in [6.07, 6.45) is 1.19. The number of piperazine rings is 1. The topological polar surface area (TPSA) is 70.6 Å². The number of hydrogen-bond donors (Lipinski definition) is 0. The molecule has 2 heterocycles. The molecule has 0 bridgehead atoms. The number of amides is 1. The van der Waals surface area contributed by atoms with Gasteiger partial charge in [0.25, 0.3) is 5.91 Å². The molecule has 1 amide bonds. The maximum atomic E-state index is 12.8. The number of anilines is 1. The Kier molecular flexibility index (Phi) is 5.46. The number of sulfone groups is 1. The molecule has 0 aliphatic carbocycles. The summed E-state index contributed by atoms with van der Waals surface area (Å²) in [5.41, 5.74) is 0.893. The summed E-state index contributed by atoms with van der Waals surface area (Å²) >= 11 is 13.6. The van der Waals surface area contributed by atoms with Crippen LogP contribution in [0.5, 0.6) is 0 Å². The molecule has 0 saturated carbocycles. The van der Waals surface area contributed by atoms with Crippen LogP contribution in [0.1, 0.15) is 10.4 Å². The van der Waals surface area contributed by atoms with Crippen LogP contribution in [0, 0.1) is 0 Å². The van der Waals surface area contributed by atoms with Gasteiger partial charge < -0.3 is 9.80 Å². The van der Waals surface area contributed by atoms with Crippen molar-refractivity contribution >= 4 is 65.6 Å². The summed E-state index contributed by atoms with van der Waals surface area (Å²) in [4.78, 5) is 21.4. The highest BCUT2D eigenvalue weighted by Gasteiger charge is 2.26. The maximum absolute atomic E-state index is 12.8. The largest absolute Gasteiger partial charge is 0.345 e. The summed E-state index contributed by atoms with van der Waals surface area (Å²) in [6, 6.07) is 10.0. The quantitative estimate of drug-likeness (QED) is 0.580. The van der Waals surface area contributed by atoms with Gasteiger partial charge in [-0.05, 0) is 30.3 Å². The molecular formula is C19H17Cl2N3O3S2. The molecule has 6 nitrogen and oxygen atoms in total. The first-order chi connectivity index (χ1) is 13.7. The Morgan fingerprint density at radius 1 is 1.10 bits per heavy atom. The van der Waals surface area contributed by atoms with Crippen LogP contribution >= 0.6 is 34.5 Å². The third-order valence-corrected chi connectivity index (χ3v) is 7.54. The second-order valence-electron chi connectivity index (χ2n) is 6.77. The van der Waals surface area contributed by atoms with Crippen molar-refractivity contribution in [1.82, 2.24) is 9.88 Å². The zero-order chi connectivity index (χ0) is 20.8. The van der Waals surface area contributed by atoms with Gasteiger partial charge in [-0.2, -0.15) is 0 Å². The van der Waals surface area contributed by atoms with E-state index < -0.39 is 9.84 Å². The number of rotatable bonds is 3. The molecule has 1 fully saturated rings. The summed E-state index contributed by atoms with van der Waals surface area (Å²) in [5.74, 6) is -0.152. The van der Waals surface area contributed by atoms with Crippen LogP contribution in [-0.2, 0) is 9.84 Å². The summed E-state index contributed by atoms with van der Waals surface area (Å²) < 4.78 is 24.9. The number of carbonyl (C=O) groups is 1. The van der Waals surface area contributed by atoms with Crippen molar-refractivity contribution in [2.45, 2.75) is 4.90 Å². The molecule has 0 unspecified atom stereocenters. The van der Waals surface area contributed by atoms with Crippen LogP contribution in [0.25, 0.3) is 10.2 Å². The lowest BCUT2D eigenvalue weighted by molar-refractivity contribution is 0.0747. The highest BCUT2D eigenvalue weighted by atomic mass is 35.5. The van der Waals surface area contributed by atoms with E-state index >= 15 is 0 Å². The Balaban J connectivity index is 1.53. The Hall–Kier alpha value is -1.87. The predicted octanol–water partition coefficient (Wildman–Crippen LogP) is 3.97. The first kappa shape index (κ1) is 20.4. The van der Waals surface area contributed by atoms with E-state index in [0.29, 0.717) is 47.3 Å². The van der Waals surface area contributed by atoms with Crippen LogP contribution in [0.2, 0.25) is 10.0 Å². The van der Waals surface area contributed by atoms with Crippen LogP contribution in [0.3, 0.4) is 0 Å². The van der Waals surface area contributed by atoms with Gasteiger partial charge in [0, 0.05) is 37.5 Å². The Morgan fingerprint density at radius 2 is 1.83 bits per heavy atom. The van der Waals surface area contributed by atoms with E-state index in [2.05, 4.69) is 9.88 Å². The fraction of sp³-hybridized carbons (Fsp3) is 0.263. The molecule has 10 heteroatoms. The molecule has 1 aromatic heterocycles. The van der Waals surface area contributed by atoms with Crippen LogP contribution in [0.4, 0.5) is 5.13 Å². The van der Waals surface area contributed by atoms with Gasteiger partial charge in [-0.3, -0.25) is 4.79 Å². The molecule has 152 valence electrons. The second kappa shape index (κ2) is 7.75. The average Bonchev–Trinajstić information content (AvgIpc) is 3.13. The number of hydrogen-bond acceptors (Lipinski definition) is 6. The van der Waals surface area contributed by atoms with Crippen molar-refractivity contribution in [2.24, 2.45) is 0 Å². The standard InChI is InChI=1S/C19H17Cl2N3O3S2/c1-29(26,27)16-4-2-3-15-17(16)22-19(28-15)24-9-7-23(8-10-24)18(25)13-11-12(20)5-6-14(13)21/h2-6,11H,7-10H2,1H3. The molecule has 1 aliphatic heterocycles. The number of halogens is 2. The van der Waals surface area contributed by atoms with Crippen molar-refractivity contribution in [3.63, 3.8) is 0 Å². The molecule has 1 aliphatic rings. The zero-order valence-electron chi connectivity index (χ0n) is 15.4. The average molecular weight is 470 g/mol. The minimum atomic E-state index is -3.36. The smallest absolute Gasteiger partial charge is 0.255 e. The van der Waals surface area contributed by atoms with Gasteiger partial charge in [0.15, 0.2) is 15.0 Å². The van der Waals surface area contributed by atoms with E-state index in [1.807, 2.05) is 6.07 Å². The Morgan fingerprint density at radius 3 is 2.52 bits per heavy atom. The molecule has 4 rings (SSSR count). The van der Waals surface area contributed by atoms with Crippen LogP contribution < -0.4 is 4.90 Å². The minimum Gasteiger partial charge on any atom is -0.345 e. The fourth-order valence-electron chi connectivity index (χ4n) is 3.28. The van der Waals surface area contributed by atoms with Gasteiger partial charge in [-0.25, -0.2) is 13.4 Å². The number of para-hydroxylation sites is 1. The molecule has 2 aromatic carbocycles. The molecule has 1 saturated heterocycles. The third kappa shape index (κ3) is 4.07. The van der Waals surface area contributed by atoms with Gasteiger partial charge in [-0.15, -0.1) is 0 Å². The fourth-order valence-corrected chi connectivity index (χ4v) is 5.59. The normalized spacial score (nSPS) is 15.1. The monoisotopic (exact) mass is 469 g/mol. The molecule has 0 radical (unpaired) electrons. The van der Waals surface area contributed by atoms with Gasteiger partial charge in [0.05, 0.1) is 20.2 Å². The highest BCUT2D eigenvalue weighted by Crippen LogP contribution is 2.33. The first-order valence-corrected chi connectivity index (χ1v) is 12.3. The van der Waals surface area contributed by atoms with Crippen molar-refractivity contribution in [1.29, 1.82) is 0 Å². The number of carbonyl (C=O) groups excluding carboxylic acids is 1. The number of thiazole rings is 1. The van der Waals surface area contributed by atoms with Gasteiger partial charge in [0.2, 0.25) is 0 Å². The third-order valence-electron chi connectivity index (χ3n) is 4.77. The number of benzene rings is 2. The molecule has 29 heavy (non-hydrogen) atoms. The zero-order valence-corrected chi connectivity index (χ0v) is 18.6.